The van der Waals surface area contributed by atoms with E-state index in [4.69, 9.17) is 4.42 Å². The van der Waals surface area contributed by atoms with Crippen LogP contribution < -0.4 is 0 Å². The van der Waals surface area contributed by atoms with Crippen LogP contribution in [0.5, 0.6) is 0 Å². The molecular weight excluding hydrogens is 280 g/mol. The third-order valence-electron chi connectivity index (χ3n) is 4.47. The fourth-order valence-electron chi connectivity index (χ4n) is 3.11. The zero-order valence-corrected chi connectivity index (χ0v) is 13.2. The summed E-state index contributed by atoms with van der Waals surface area (Å²) in [7, 11) is 0. The van der Waals surface area contributed by atoms with Crippen LogP contribution in [0.15, 0.2) is 22.8 Å². The van der Waals surface area contributed by atoms with E-state index in [9.17, 15) is 9.59 Å². The Morgan fingerprint density at radius 2 is 2.27 bits per heavy atom. The molecule has 2 heterocycles. The zero-order chi connectivity index (χ0) is 15.5. The molecule has 22 heavy (non-hydrogen) atoms. The molecule has 1 saturated heterocycles. The summed E-state index contributed by atoms with van der Waals surface area (Å²) < 4.78 is 5.30. The molecule has 120 valence electrons. The number of nitrogens with zero attached hydrogens (tertiary/aromatic N) is 2. The van der Waals surface area contributed by atoms with Crippen LogP contribution in [0.25, 0.3) is 0 Å². The van der Waals surface area contributed by atoms with Crippen LogP contribution in [0.3, 0.4) is 0 Å². The molecule has 1 aromatic rings. The zero-order valence-electron chi connectivity index (χ0n) is 13.2. The minimum absolute atomic E-state index is 0.0534. The molecular formula is C17H24N2O3. The van der Waals surface area contributed by atoms with Crippen LogP contribution in [0.4, 0.5) is 0 Å². The molecule has 2 amide bonds. The molecule has 0 N–H and O–H groups in total. The van der Waals surface area contributed by atoms with E-state index in [2.05, 4.69) is 6.92 Å². The number of likely N-dealkylation sites (tertiary alicyclic amines) is 1. The van der Waals surface area contributed by atoms with Gasteiger partial charge in [0.05, 0.1) is 18.7 Å². The van der Waals surface area contributed by atoms with Crippen LogP contribution in [0.1, 0.15) is 38.4 Å². The molecule has 0 radical (unpaired) electrons. The molecule has 2 aliphatic rings. The SMILES string of the molecule is CCCN(CC1CC1)C(=O)C1CC(=O)N(Cc2ccco2)C1. The van der Waals surface area contributed by atoms with Crippen molar-refractivity contribution in [3.63, 3.8) is 0 Å². The van der Waals surface area contributed by atoms with Gasteiger partial charge in [-0.1, -0.05) is 6.92 Å². The van der Waals surface area contributed by atoms with Gasteiger partial charge in [-0.15, -0.1) is 0 Å². The van der Waals surface area contributed by atoms with E-state index in [-0.39, 0.29) is 17.7 Å². The van der Waals surface area contributed by atoms with E-state index in [1.807, 2.05) is 17.0 Å². The van der Waals surface area contributed by atoms with Gasteiger partial charge >= 0.3 is 0 Å². The smallest absolute Gasteiger partial charge is 0.228 e. The van der Waals surface area contributed by atoms with Crippen molar-refractivity contribution >= 4 is 11.8 Å². The molecule has 1 aliphatic heterocycles. The molecule has 0 spiro atoms. The number of rotatable bonds is 7. The van der Waals surface area contributed by atoms with E-state index in [0.29, 0.717) is 25.4 Å². The highest BCUT2D eigenvalue weighted by atomic mass is 16.3. The molecule has 1 aliphatic carbocycles. The predicted molar refractivity (Wildman–Crippen MR) is 81.8 cm³/mol. The maximum atomic E-state index is 12.7. The molecule has 5 nitrogen and oxygen atoms in total. The normalized spacial score (nSPS) is 21.4. The fraction of sp³-hybridized carbons (Fsp3) is 0.647. The van der Waals surface area contributed by atoms with Crippen molar-refractivity contribution in [1.29, 1.82) is 0 Å². The van der Waals surface area contributed by atoms with Gasteiger partial charge in [0.1, 0.15) is 5.76 Å². The van der Waals surface area contributed by atoms with Crippen LogP contribution in [-0.2, 0) is 16.1 Å². The highest BCUT2D eigenvalue weighted by molar-refractivity contribution is 5.89. The summed E-state index contributed by atoms with van der Waals surface area (Å²) in [4.78, 5) is 28.6. The number of furan rings is 1. The summed E-state index contributed by atoms with van der Waals surface area (Å²) in [6.07, 6.45) is 5.39. The number of carbonyl (C=O) groups is 2. The summed E-state index contributed by atoms with van der Waals surface area (Å²) in [5.41, 5.74) is 0. The summed E-state index contributed by atoms with van der Waals surface area (Å²) in [6, 6.07) is 3.68. The van der Waals surface area contributed by atoms with Crippen molar-refractivity contribution < 1.29 is 14.0 Å². The minimum Gasteiger partial charge on any atom is -0.467 e. The lowest BCUT2D eigenvalue weighted by Crippen LogP contribution is -2.39. The molecule has 0 bridgehead atoms. The molecule has 2 fully saturated rings. The molecule has 1 saturated carbocycles. The van der Waals surface area contributed by atoms with Gasteiger partial charge in [-0.3, -0.25) is 9.59 Å². The quantitative estimate of drug-likeness (QED) is 0.776. The summed E-state index contributed by atoms with van der Waals surface area (Å²) in [6.45, 7) is 4.75. The van der Waals surface area contributed by atoms with Crippen molar-refractivity contribution in [3.05, 3.63) is 24.2 Å². The van der Waals surface area contributed by atoms with Gasteiger partial charge in [0.15, 0.2) is 0 Å². The Balaban J connectivity index is 1.59. The lowest BCUT2D eigenvalue weighted by atomic mass is 10.1. The molecule has 3 rings (SSSR count). The number of hydrogen-bond acceptors (Lipinski definition) is 3. The first-order chi connectivity index (χ1) is 10.7. The Bertz CT molecular complexity index is 522. The number of hydrogen-bond donors (Lipinski definition) is 0. The van der Waals surface area contributed by atoms with Crippen molar-refractivity contribution in [1.82, 2.24) is 9.80 Å². The molecule has 0 aromatic carbocycles. The minimum atomic E-state index is -0.187. The summed E-state index contributed by atoms with van der Waals surface area (Å²) >= 11 is 0. The second-order valence-corrected chi connectivity index (χ2v) is 6.48. The largest absolute Gasteiger partial charge is 0.467 e. The van der Waals surface area contributed by atoms with E-state index < -0.39 is 0 Å². The second kappa shape index (κ2) is 6.55. The van der Waals surface area contributed by atoms with Gasteiger partial charge in [-0.25, -0.2) is 0 Å². The molecule has 1 unspecified atom stereocenters. The van der Waals surface area contributed by atoms with E-state index in [1.54, 1.807) is 11.2 Å². The third kappa shape index (κ3) is 3.51. The van der Waals surface area contributed by atoms with Gasteiger partial charge in [0.25, 0.3) is 0 Å². The first-order valence-electron chi connectivity index (χ1n) is 8.26. The van der Waals surface area contributed by atoms with Crippen LogP contribution >= 0.6 is 0 Å². The lowest BCUT2D eigenvalue weighted by molar-refractivity contribution is -0.136. The van der Waals surface area contributed by atoms with Crippen molar-refractivity contribution in [2.24, 2.45) is 11.8 Å². The second-order valence-electron chi connectivity index (χ2n) is 6.48. The van der Waals surface area contributed by atoms with Gasteiger partial charge in [-0.05, 0) is 37.3 Å². The summed E-state index contributed by atoms with van der Waals surface area (Å²) in [5.74, 6) is 1.48. The monoisotopic (exact) mass is 304 g/mol. The summed E-state index contributed by atoms with van der Waals surface area (Å²) in [5, 5.41) is 0. The molecule has 5 heteroatoms. The maximum absolute atomic E-state index is 12.7. The van der Waals surface area contributed by atoms with Crippen molar-refractivity contribution in [2.45, 2.75) is 39.2 Å². The number of amides is 2. The standard InChI is InChI=1S/C17H24N2O3/c1-2-7-18(10-13-5-6-13)17(21)14-9-16(20)19(11-14)12-15-4-3-8-22-15/h3-4,8,13-14H,2,5-7,9-12H2,1H3. The van der Waals surface area contributed by atoms with Crippen LogP contribution in [0.2, 0.25) is 0 Å². The third-order valence-corrected chi connectivity index (χ3v) is 4.47. The van der Waals surface area contributed by atoms with Crippen LogP contribution in [-0.4, -0.2) is 41.2 Å². The van der Waals surface area contributed by atoms with Gasteiger partial charge < -0.3 is 14.2 Å². The Morgan fingerprint density at radius 1 is 1.45 bits per heavy atom. The van der Waals surface area contributed by atoms with Crippen LogP contribution in [0, 0.1) is 11.8 Å². The average molecular weight is 304 g/mol. The fourth-order valence-corrected chi connectivity index (χ4v) is 3.11. The Hall–Kier alpha value is -1.78. The van der Waals surface area contributed by atoms with Gasteiger partial charge in [0, 0.05) is 26.1 Å². The first kappa shape index (κ1) is 15.1. The Kier molecular flexibility index (Phi) is 4.50. The van der Waals surface area contributed by atoms with E-state index in [0.717, 1.165) is 25.3 Å². The molecule has 1 aromatic heterocycles. The van der Waals surface area contributed by atoms with Crippen molar-refractivity contribution in [3.8, 4) is 0 Å². The van der Waals surface area contributed by atoms with Gasteiger partial charge in [-0.2, -0.15) is 0 Å². The van der Waals surface area contributed by atoms with E-state index >= 15 is 0 Å². The Labute approximate surface area is 131 Å². The lowest BCUT2D eigenvalue weighted by Gasteiger charge is -2.25. The van der Waals surface area contributed by atoms with Gasteiger partial charge in [0.2, 0.25) is 11.8 Å². The average Bonchev–Trinajstić information content (AvgIpc) is 3.03. The van der Waals surface area contributed by atoms with Crippen molar-refractivity contribution in [2.75, 3.05) is 19.6 Å². The topological polar surface area (TPSA) is 53.8 Å². The predicted octanol–water partition coefficient (Wildman–Crippen LogP) is 2.28. The number of carbonyl (C=O) groups excluding carboxylic acids is 2. The first-order valence-corrected chi connectivity index (χ1v) is 8.26. The Morgan fingerprint density at radius 3 is 2.91 bits per heavy atom. The maximum Gasteiger partial charge on any atom is 0.228 e. The molecule has 1 atom stereocenters. The highest BCUT2D eigenvalue weighted by Gasteiger charge is 2.37. The van der Waals surface area contributed by atoms with E-state index in [1.165, 1.54) is 12.8 Å². The highest BCUT2D eigenvalue weighted by Crippen LogP contribution is 2.31.